The zero-order valence-corrected chi connectivity index (χ0v) is 11.3. The van der Waals surface area contributed by atoms with Gasteiger partial charge in [-0.2, -0.15) is 0 Å². The van der Waals surface area contributed by atoms with Gasteiger partial charge in [-0.05, 0) is 19.8 Å². The average Bonchev–Trinajstić information content (AvgIpc) is 2.74. The first-order valence-electron chi connectivity index (χ1n) is 5.87. The number of hydrogen-bond acceptors (Lipinski definition) is 4. The summed E-state index contributed by atoms with van der Waals surface area (Å²) in [6.07, 6.45) is 2.31. The third-order valence-corrected chi connectivity index (χ3v) is 1.78. The highest BCUT2D eigenvalue weighted by Gasteiger charge is 2.08. The second-order valence-electron chi connectivity index (χ2n) is 4.06. The highest BCUT2D eigenvalue weighted by Crippen LogP contribution is 1.96. The molecule has 0 aliphatic rings. The minimum absolute atomic E-state index is 0.268. The Morgan fingerprint density at radius 2 is 2.28 bits per heavy atom. The molecular weight excluding hydrogens is 234 g/mol. The number of carbonyl (C=O) groups excluding carboxylic acids is 2. The molecule has 1 aromatic rings. The molecule has 0 saturated heterocycles. The van der Waals surface area contributed by atoms with Crippen LogP contribution < -0.4 is 5.32 Å². The number of imidazole rings is 1. The Hall–Kier alpha value is -1.85. The Labute approximate surface area is 107 Å². The van der Waals surface area contributed by atoms with E-state index in [0.29, 0.717) is 12.5 Å². The van der Waals surface area contributed by atoms with Crippen LogP contribution in [0.2, 0.25) is 0 Å². The maximum Gasteiger partial charge on any atom is 0.374 e. The summed E-state index contributed by atoms with van der Waals surface area (Å²) in [5.41, 5.74) is 0.855. The molecule has 0 spiro atoms. The van der Waals surface area contributed by atoms with E-state index in [1.807, 2.05) is 6.92 Å². The van der Waals surface area contributed by atoms with E-state index in [0.717, 1.165) is 18.6 Å². The van der Waals surface area contributed by atoms with Crippen molar-refractivity contribution in [2.75, 3.05) is 13.2 Å². The van der Waals surface area contributed by atoms with E-state index >= 15 is 0 Å². The van der Waals surface area contributed by atoms with Crippen molar-refractivity contribution in [3.63, 3.8) is 0 Å². The van der Waals surface area contributed by atoms with Gasteiger partial charge in [0.05, 0.1) is 6.61 Å². The number of aromatic nitrogens is 2. The number of nitrogens with one attached hydrogen (secondary N) is 2. The minimum Gasteiger partial charge on any atom is -0.460 e. The topological polar surface area (TPSA) is 84.1 Å². The summed E-state index contributed by atoms with van der Waals surface area (Å²) in [4.78, 5) is 27.1. The number of nitrogens with zero attached hydrogens (tertiary/aromatic N) is 1. The number of ether oxygens (including phenoxy) is 1. The summed E-state index contributed by atoms with van der Waals surface area (Å²) >= 11 is 0. The number of hydrogen-bond donors (Lipinski definition) is 2. The van der Waals surface area contributed by atoms with E-state index in [2.05, 4.69) is 29.1 Å². The number of rotatable bonds is 5. The third kappa shape index (κ3) is 7.43. The predicted molar refractivity (Wildman–Crippen MR) is 68.2 cm³/mol. The number of amides is 1. The standard InChI is InChI=1S/C7H10N2O2.C5H11NO/c1-3-11-7(10)6-8-4-5(2)9-6;1-5(2)3-6-4-7/h4H,3H2,1-2H3,(H,8,9);4-5H,3H2,1-2H3,(H,6,7). The number of H-pyrrole nitrogens is 1. The lowest BCUT2D eigenvalue weighted by Crippen LogP contribution is -2.16. The Morgan fingerprint density at radius 1 is 1.61 bits per heavy atom. The van der Waals surface area contributed by atoms with Crippen molar-refractivity contribution in [1.29, 1.82) is 0 Å². The van der Waals surface area contributed by atoms with Gasteiger partial charge < -0.3 is 15.0 Å². The summed E-state index contributed by atoms with van der Waals surface area (Å²) in [6.45, 7) is 8.85. The smallest absolute Gasteiger partial charge is 0.374 e. The zero-order valence-electron chi connectivity index (χ0n) is 11.3. The van der Waals surface area contributed by atoms with Gasteiger partial charge in [0.2, 0.25) is 12.2 Å². The van der Waals surface area contributed by atoms with Gasteiger partial charge >= 0.3 is 5.97 Å². The van der Waals surface area contributed by atoms with Crippen LogP contribution in [0, 0.1) is 12.8 Å². The molecule has 18 heavy (non-hydrogen) atoms. The fourth-order valence-corrected chi connectivity index (χ4v) is 1.000. The molecule has 102 valence electrons. The molecule has 0 aliphatic carbocycles. The van der Waals surface area contributed by atoms with Crippen molar-refractivity contribution >= 4 is 12.4 Å². The second-order valence-corrected chi connectivity index (χ2v) is 4.06. The zero-order chi connectivity index (χ0) is 14.0. The van der Waals surface area contributed by atoms with Crippen molar-refractivity contribution < 1.29 is 14.3 Å². The van der Waals surface area contributed by atoms with Crippen LogP contribution in [0.4, 0.5) is 0 Å². The number of aryl methyl sites for hydroxylation is 1. The van der Waals surface area contributed by atoms with E-state index < -0.39 is 5.97 Å². The lowest BCUT2D eigenvalue weighted by molar-refractivity contribution is -0.109. The molecular formula is C12H21N3O3. The van der Waals surface area contributed by atoms with Crippen LogP contribution in [-0.2, 0) is 9.53 Å². The highest BCUT2D eigenvalue weighted by atomic mass is 16.5. The molecule has 2 N–H and O–H groups in total. The largest absolute Gasteiger partial charge is 0.460 e. The first kappa shape index (κ1) is 16.1. The summed E-state index contributed by atoms with van der Waals surface area (Å²) in [5.74, 6) is 0.426. The Bertz CT molecular complexity index is 361. The van der Waals surface area contributed by atoms with Crippen LogP contribution in [0.3, 0.4) is 0 Å². The molecule has 6 nitrogen and oxygen atoms in total. The monoisotopic (exact) mass is 255 g/mol. The van der Waals surface area contributed by atoms with Crippen molar-refractivity contribution in [1.82, 2.24) is 15.3 Å². The summed E-state index contributed by atoms with van der Waals surface area (Å²) < 4.78 is 4.71. The van der Waals surface area contributed by atoms with Gasteiger partial charge in [-0.25, -0.2) is 9.78 Å². The predicted octanol–water partition coefficient (Wildman–Crippen LogP) is 1.28. The maximum atomic E-state index is 10.9. The number of carbonyl (C=O) groups is 2. The van der Waals surface area contributed by atoms with E-state index in [9.17, 15) is 9.59 Å². The first-order chi connectivity index (χ1) is 8.51. The van der Waals surface area contributed by atoms with E-state index in [1.165, 1.54) is 0 Å². The van der Waals surface area contributed by atoms with Crippen LogP contribution >= 0.6 is 0 Å². The molecule has 0 unspecified atom stereocenters. The number of aromatic amines is 1. The maximum absolute atomic E-state index is 10.9. The van der Waals surface area contributed by atoms with E-state index in [4.69, 9.17) is 4.74 Å². The van der Waals surface area contributed by atoms with Gasteiger partial charge in [0.15, 0.2) is 0 Å². The van der Waals surface area contributed by atoms with E-state index in [1.54, 1.807) is 13.1 Å². The Morgan fingerprint density at radius 3 is 2.61 bits per heavy atom. The summed E-state index contributed by atoms with van der Waals surface area (Å²) in [7, 11) is 0. The molecule has 1 heterocycles. The third-order valence-electron chi connectivity index (χ3n) is 1.78. The van der Waals surface area contributed by atoms with Crippen molar-refractivity contribution in [3.8, 4) is 0 Å². The van der Waals surface area contributed by atoms with Crippen LogP contribution in [0.1, 0.15) is 37.1 Å². The molecule has 1 aromatic heterocycles. The van der Waals surface area contributed by atoms with Crippen LogP contribution in [0.5, 0.6) is 0 Å². The quantitative estimate of drug-likeness (QED) is 0.613. The summed E-state index contributed by atoms with van der Waals surface area (Å²) in [5, 5.41) is 2.57. The highest BCUT2D eigenvalue weighted by molar-refractivity contribution is 5.85. The Balaban J connectivity index is 0.000000360. The fraction of sp³-hybridized carbons (Fsp3) is 0.583. The molecule has 1 rings (SSSR count). The molecule has 0 saturated carbocycles. The Kier molecular flexibility index (Phi) is 8.26. The first-order valence-corrected chi connectivity index (χ1v) is 5.87. The molecule has 0 fully saturated rings. The molecule has 0 aliphatic heterocycles. The molecule has 0 radical (unpaired) electrons. The average molecular weight is 255 g/mol. The minimum atomic E-state index is -0.402. The van der Waals surface area contributed by atoms with Gasteiger partial charge in [0, 0.05) is 18.4 Å². The lowest BCUT2D eigenvalue weighted by Gasteiger charge is -1.98. The number of esters is 1. The van der Waals surface area contributed by atoms with Crippen molar-refractivity contribution in [3.05, 3.63) is 17.7 Å². The van der Waals surface area contributed by atoms with Gasteiger partial charge in [-0.3, -0.25) is 4.79 Å². The SMILES string of the molecule is CC(C)CNC=O.CCOC(=O)c1ncc(C)[nH]1. The molecule has 6 heteroatoms. The van der Waals surface area contributed by atoms with Gasteiger partial charge in [0.25, 0.3) is 0 Å². The van der Waals surface area contributed by atoms with Crippen LogP contribution in [0.15, 0.2) is 6.20 Å². The molecule has 0 bridgehead atoms. The van der Waals surface area contributed by atoms with E-state index in [-0.39, 0.29) is 5.82 Å². The normalized spacial score (nSPS) is 9.39. The molecule has 0 atom stereocenters. The van der Waals surface area contributed by atoms with Gasteiger partial charge in [-0.1, -0.05) is 13.8 Å². The van der Waals surface area contributed by atoms with Crippen molar-refractivity contribution in [2.24, 2.45) is 5.92 Å². The lowest BCUT2D eigenvalue weighted by atomic mass is 10.2. The molecule has 0 aromatic carbocycles. The van der Waals surface area contributed by atoms with Crippen LogP contribution in [0.25, 0.3) is 0 Å². The fourth-order valence-electron chi connectivity index (χ4n) is 1.000. The van der Waals surface area contributed by atoms with Gasteiger partial charge in [0.1, 0.15) is 0 Å². The second kappa shape index (κ2) is 9.21. The molecule has 1 amide bonds. The van der Waals surface area contributed by atoms with Crippen molar-refractivity contribution in [2.45, 2.75) is 27.7 Å². The van der Waals surface area contributed by atoms with Gasteiger partial charge in [-0.15, -0.1) is 0 Å². The summed E-state index contributed by atoms with van der Waals surface area (Å²) in [6, 6.07) is 0. The van der Waals surface area contributed by atoms with Crippen LogP contribution in [-0.4, -0.2) is 35.5 Å².